The molecule has 2 heterocycles. The molecule has 1 aromatic heterocycles. The average molecular weight is 452 g/mol. The van der Waals surface area contributed by atoms with E-state index < -0.39 is 12.0 Å². The highest BCUT2D eigenvalue weighted by Crippen LogP contribution is 2.42. The number of hydrogen-bond acceptors (Lipinski definition) is 8. The number of hydrogen-bond donors (Lipinski definition) is 1. The van der Waals surface area contributed by atoms with Crippen LogP contribution in [0.4, 0.5) is 5.95 Å². The van der Waals surface area contributed by atoms with Crippen LogP contribution >= 0.6 is 15.9 Å². The summed E-state index contributed by atoms with van der Waals surface area (Å²) in [7, 11) is 1.57. The van der Waals surface area contributed by atoms with Gasteiger partial charge in [-0.1, -0.05) is 12.0 Å². The molecule has 0 amide bonds. The van der Waals surface area contributed by atoms with Gasteiger partial charge in [-0.15, -0.1) is 0 Å². The van der Waals surface area contributed by atoms with Crippen molar-refractivity contribution in [3.63, 3.8) is 0 Å². The molecule has 0 fully saturated rings. The van der Waals surface area contributed by atoms with E-state index in [9.17, 15) is 4.79 Å². The Morgan fingerprint density at radius 3 is 2.82 bits per heavy atom. The van der Waals surface area contributed by atoms with E-state index in [4.69, 9.17) is 14.2 Å². The van der Waals surface area contributed by atoms with E-state index in [2.05, 4.69) is 36.8 Å². The predicted octanol–water partition coefficient (Wildman–Crippen LogP) is 3.09. The number of halogens is 1. The molecule has 1 aromatic carbocycles. The van der Waals surface area contributed by atoms with E-state index in [1.807, 2.05) is 26.0 Å². The van der Waals surface area contributed by atoms with E-state index in [0.29, 0.717) is 46.4 Å². The summed E-state index contributed by atoms with van der Waals surface area (Å²) in [6.07, 6.45) is 0.731. The third kappa shape index (κ3) is 3.68. The number of tetrazole rings is 1. The summed E-state index contributed by atoms with van der Waals surface area (Å²) < 4.78 is 18.8. The Bertz CT molecular complexity index is 911. The van der Waals surface area contributed by atoms with Gasteiger partial charge in [0, 0.05) is 5.70 Å². The minimum atomic E-state index is -0.572. The number of methoxy groups -OCH3 is 1. The third-order valence-corrected chi connectivity index (χ3v) is 4.81. The van der Waals surface area contributed by atoms with Crippen molar-refractivity contribution in [2.24, 2.45) is 0 Å². The van der Waals surface area contributed by atoms with Crippen LogP contribution < -0.4 is 14.8 Å². The summed E-state index contributed by atoms with van der Waals surface area (Å²) in [4.78, 5) is 12.8. The molecule has 10 heteroatoms. The highest BCUT2D eigenvalue weighted by molar-refractivity contribution is 9.10. The lowest BCUT2D eigenvalue weighted by Crippen LogP contribution is -2.30. The van der Waals surface area contributed by atoms with Gasteiger partial charge in [0.25, 0.3) is 0 Å². The molecule has 0 radical (unpaired) electrons. The van der Waals surface area contributed by atoms with Crippen LogP contribution in [0.2, 0.25) is 0 Å². The average Bonchev–Trinajstić information content (AvgIpc) is 3.12. The molecule has 28 heavy (non-hydrogen) atoms. The van der Waals surface area contributed by atoms with E-state index in [-0.39, 0.29) is 0 Å². The molecule has 1 unspecified atom stereocenters. The van der Waals surface area contributed by atoms with Crippen molar-refractivity contribution in [2.45, 2.75) is 33.2 Å². The van der Waals surface area contributed by atoms with Crippen molar-refractivity contribution in [3.8, 4) is 11.5 Å². The lowest BCUT2D eigenvalue weighted by atomic mass is 9.95. The van der Waals surface area contributed by atoms with Gasteiger partial charge in [0.1, 0.15) is 6.04 Å². The van der Waals surface area contributed by atoms with Gasteiger partial charge in [0.05, 0.1) is 30.4 Å². The zero-order chi connectivity index (χ0) is 20.3. The van der Waals surface area contributed by atoms with Gasteiger partial charge in [0.2, 0.25) is 5.95 Å². The molecule has 1 atom stereocenters. The van der Waals surface area contributed by atoms with Gasteiger partial charge in [-0.3, -0.25) is 0 Å². The van der Waals surface area contributed by atoms with E-state index in [1.54, 1.807) is 18.7 Å². The van der Waals surface area contributed by atoms with Gasteiger partial charge in [-0.2, -0.15) is 4.68 Å². The standard InChI is InChI=1S/C18H22BrN5O4/c1-5-7-28-17(25)14-10(3)20-18-21-22-23-24(18)15(14)11-8-12(19)16(26-4)13(9-11)27-6-2/h8-9,15H,5-7H2,1-4H3,(H,20,21,23). The summed E-state index contributed by atoms with van der Waals surface area (Å²) in [6.45, 7) is 6.44. The van der Waals surface area contributed by atoms with Crippen molar-refractivity contribution in [1.82, 2.24) is 20.2 Å². The minimum Gasteiger partial charge on any atom is -0.492 e. The maximum atomic E-state index is 12.8. The number of rotatable bonds is 7. The summed E-state index contributed by atoms with van der Waals surface area (Å²) in [5.41, 5.74) is 1.83. The van der Waals surface area contributed by atoms with Crippen LogP contribution in [0.15, 0.2) is 27.9 Å². The van der Waals surface area contributed by atoms with Crippen molar-refractivity contribution in [3.05, 3.63) is 33.4 Å². The van der Waals surface area contributed by atoms with Gasteiger partial charge in [0.15, 0.2) is 11.5 Å². The lowest BCUT2D eigenvalue weighted by Gasteiger charge is -2.28. The molecule has 0 bridgehead atoms. The minimum absolute atomic E-state index is 0.335. The van der Waals surface area contributed by atoms with Crippen LogP contribution in [0.3, 0.4) is 0 Å². The Labute approximate surface area is 171 Å². The van der Waals surface area contributed by atoms with Gasteiger partial charge >= 0.3 is 5.97 Å². The SMILES string of the molecule is CCCOC(=O)C1=C(C)Nc2nnnn2C1c1cc(Br)c(OC)c(OCC)c1. The molecule has 1 aliphatic rings. The maximum Gasteiger partial charge on any atom is 0.338 e. The van der Waals surface area contributed by atoms with Gasteiger partial charge in [-0.05, 0) is 64.3 Å². The van der Waals surface area contributed by atoms with Crippen molar-refractivity contribution >= 4 is 27.8 Å². The first kappa shape index (κ1) is 20.1. The first-order valence-electron chi connectivity index (χ1n) is 8.94. The highest BCUT2D eigenvalue weighted by atomic mass is 79.9. The van der Waals surface area contributed by atoms with Crippen LogP contribution in [0, 0.1) is 0 Å². The number of esters is 1. The van der Waals surface area contributed by atoms with Crippen LogP contribution in [0.1, 0.15) is 38.8 Å². The van der Waals surface area contributed by atoms with Crippen LogP contribution in [-0.4, -0.2) is 46.5 Å². The van der Waals surface area contributed by atoms with Gasteiger partial charge in [-0.25, -0.2) is 4.79 Å². The normalized spacial score (nSPS) is 15.7. The van der Waals surface area contributed by atoms with Crippen molar-refractivity contribution < 1.29 is 19.0 Å². The summed E-state index contributed by atoms with van der Waals surface area (Å²) in [5, 5.41) is 14.9. The molecule has 1 aliphatic heterocycles. The summed E-state index contributed by atoms with van der Waals surface area (Å²) in [5.74, 6) is 1.16. The fraction of sp³-hybridized carbons (Fsp3) is 0.444. The number of anilines is 1. The molecule has 0 aliphatic carbocycles. The molecule has 150 valence electrons. The zero-order valence-electron chi connectivity index (χ0n) is 16.2. The largest absolute Gasteiger partial charge is 0.492 e. The highest BCUT2D eigenvalue weighted by Gasteiger charge is 2.35. The quantitative estimate of drug-likeness (QED) is 0.640. The number of fused-ring (bicyclic) bond motifs is 1. The first-order chi connectivity index (χ1) is 13.5. The van der Waals surface area contributed by atoms with E-state index in [1.165, 1.54) is 0 Å². The number of ether oxygens (including phenoxy) is 3. The molecule has 0 saturated carbocycles. The maximum absolute atomic E-state index is 12.8. The second kappa shape index (κ2) is 8.59. The third-order valence-electron chi connectivity index (χ3n) is 4.22. The monoisotopic (exact) mass is 451 g/mol. The number of benzene rings is 1. The van der Waals surface area contributed by atoms with Crippen LogP contribution in [0.25, 0.3) is 0 Å². The Morgan fingerprint density at radius 1 is 1.36 bits per heavy atom. The molecule has 9 nitrogen and oxygen atoms in total. The molecule has 3 rings (SSSR count). The Morgan fingerprint density at radius 2 is 2.14 bits per heavy atom. The Kier molecular flexibility index (Phi) is 6.18. The number of nitrogens with zero attached hydrogens (tertiary/aromatic N) is 4. The van der Waals surface area contributed by atoms with E-state index >= 15 is 0 Å². The van der Waals surface area contributed by atoms with Crippen LogP contribution in [0.5, 0.6) is 11.5 Å². The van der Waals surface area contributed by atoms with Crippen molar-refractivity contribution in [2.75, 3.05) is 25.6 Å². The molecule has 0 spiro atoms. The topological polar surface area (TPSA) is 100 Å². The number of aromatic nitrogens is 4. The number of allylic oxidation sites excluding steroid dienone is 1. The van der Waals surface area contributed by atoms with Crippen LogP contribution in [-0.2, 0) is 9.53 Å². The molecule has 2 aromatic rings. The number of carbonyl (C=O) groups is 1. The van der Waals surface area contributed by atoms with E-state index in [0.717, 1.165) is 12.0 Å². The number of carbonyl (C=O) groups excluding carboxylic acids is 1. The summed E-state index contributed by atoms with van der Waals surface area (Å²) in [6, 6.07) is 3.12. The molecule has 0 saturated heterocycles. The Hall–Kier alpha value is -2.62. The molecular weight excluding hydrogens is 430 g/mol. The fourth-order valence-electron chi connectivity index (χ4n) is 3.06. The smallest absolute Gasteiger partial charge is 0.338 e. The zero-order valence-corrected chi connectivity index (χ0v) is 17.7. The first-order valence-corrected chi connectivity index (χ1v) is 9.74. The lowest BCUT2D eigenvalue weighted by molar-refractivity contribution is -0.139. The Balaban J connectivity index is 2.15. The fourth-order valence-corrected chi connectivity index (χ4v) is 3.69. The predicted molar refractivity (Wildman–Crippen MR) is 105 cm³/mol. The van der Waals surface area contributed by atoms with Gasteiger partial charge < -0.3 is 19.5 Å². The summed E-state index contributed by atoms with van der Waals surface area (Å²) >= 11 is 3.53. The second-order valence-corrected chi connectivity index (χ2v) is 6.97. The number of nitrogens with one attached hydrogen (secondary N) is 1. The molecular formula is C18H22BrN5O4. The van der Waals surface area contributed by atoms with Crippen molar-refractivity contribution in [1.29, 1.82) is 0 Å². The molecule has 1 N–H and O–H groups in total. The second-order valence-electron chi connectivity index (χ2n) is 6.12.